The number of aliphatic hydroxyl groups is 9. The SMILES string of the molecule is CC(=O)N[C@@H]1[C@@H](O[C@@H]2O[C@H](CO)[C@H](O)[C@H](O)[C@H]2NC(C)=O)[C@@H](O)[C@@H](CO[C@H]2O[C@H](CO)[C@H](O)[C@H](O)[C@H]2O)O[C@@H]1O. The molecular formula is C22H38N2O16. The van der Waals surface area contributed by atoms with Crippen LogP contribution in [0.5, 0.6) is 0 Å². The van der Waals surface area contributed by atoms with Crippen LogP contribution in [0.4, 0.5) is 0 Å². The Labute approximate surface area is 228 Å². The Morgan fingerprint density at radius 2 is 1.18 bits per heavy atom. The van der Waals surface area contributed by atoms with Crippen LogP contribution in [0.2, 0.25) is 0 Å². The molecular weight excluding hydrogens is 548 g/mol. The summed E-state index contributed by atoms with van der Waals surface area (Å²) in [6, 6.07) is -2.85. The van der Waals surface area contributed by atoms with Gasteiger partial charge in [-0.2, -0.15) is 0 Å². The van der Waals surface area contributed by atoms with Crippen LogP contribution in [-0.4, -0.2) is 170 Å². The first-order chi connectivity index (χ1) is 18.8. The molecule has 0 aromatic carbocycles. The zero-order chi connectivity index (χ0) is 29.9. The largest absolute Gasteiger partial charge is 0.394 e. The Balaban J connectivity index is 1.81. The van der Waals surface area contributed by atoms with E-state index in [1.165, 1.54) is 0 Å². The Bertz CT molecular complexity index is 852. The van der Waals surface area contributed by atoms with Gasteiger partial charge < -0.3 is 80.3 Å². The second-order valence-corrected chi connectivity index (χ2v) is 9.85. The van der Waals surface area contributed by atoms with E-state index in [9.17, 15) is 55.5 Å². The predicted octanol–water partition coefficient (Wildman–Crippen LogP) is -7.29. The highest BCUT2D eigenvalue weighted by molar-refractivity contribution is 5.73. The minimum absolute atomic E-state index is 0.616. The Morgan fingerprint density at radius 1 is 0.650 bits per heavy atom. The highest BCUT2D eigenvalue weighted by Gasteiger charge is 2.52. The molecule has 3 fully saturated rings. The van der Waals surface area contributed by atoms with Crippen LogP contribution < -0.4 is 10.6 Å². The maximum absolute atomic E-state index is 11.8. The standard InChI is InChI=1S/C22H38N2O16/c1-6(27)23-11-16(32)13(29)8(3-25)38-21(11)40-19-12(24-7(2)28)20(35)37-10(15(19)31)5-36-22-18(34)17(33)14(30)9(4-26)39-22/h8-22,25-26,29-35H,3-5H2,1-2H3,(H,23,27)(H,24,28)/t8-,9-,10-,11-,12-,13+,14+,15+,16-,17+,18-,19-,20+,21+,22+/m1/s1. The van der Waals surface area contributed by atoms with Crippen LogP contribution in [0.15, 0.2) is 0 Å². The predicted molar refractivity (Wildman–Crippen MR) is 124 cm³/mol. The van der Waals surface area contributed by atoms with Crippen molar-refractivity contribution in [3.8, 4) is 0 Å². The third-order valence-electron chi connectivity index (χ3n) is 6.88. The van der Waals surface area contributed by atoms with Gasteiger partial charge in [-0.1, -0.05) is 0 Å². The molecule has 0 saturated carbocycles. The summed E-state index contributed by atoms with van der Waals surface area (Å²) in [6.45, 7) is 0.146. The smallest absolute Gasteiger partial charge is 0.217 e. The second-order valence-electron chi connectivity index (χ2n) is 9.85. The van der Waals surface area contributed by atoms with Gasteiger partial charge in [0.25, 0.3) is 0 Å². The first kappa shape index (κ1) is 32.9. The van der Waals surface area contributed by atoms with E-state index >= 15 is 0 Å². The van der Waals surface area contributed by atoms with Crippen LogP contribution >= 0.6 is 0 Å². The Kier molecular flexibility index (Phi) is 11.5. The van der Waals surface area contributed by atoms with Gasteiger partial charge in [0.2, 0.25) is 11.8 Å². The third-order valence-corrected chi connectivity index (χ3v) is 6.88. The Morgan fingerprint density at radius 3 is 1.73 bits per heavy atom. The number of hydrogen-bond acceptors (Lipinski definition) is 16. The summed E-state index contributed by atoms with van der Waals surface area (Å²) in [5.41, 5.74) is 0. The number of nitrogens with one attached hydrogen (secondary N) is 2. The molecule has 3 heterocycles. The molecule has 18 heteroatoms. The lowest BCUT2D eigenvalue weighted by Gasteiger charge is -2.48. The normalized spacial score (nSPS) is 46.0. The molecule has 18 nitrogen and oxygen atoms in total. The van der Waals surface area contributed by atoms with Gasteiger partial charge in [-0.05, 0) is 0 Å². The van der Waals surface area contributed by atoms with Crippen LogP contribution in [-0.2, 0) is 33.3 Å². The van der Waals surface area contributed by atoms with Crippen LogP contribution in [0, 0.1) is 0 Å². The quantitative estimate of drug-likeness (QED) is 0.120. The second kappa shape index (κ2) is 14.0. The zero-order valence-electron chi connectivity index (χ0n) is 21.7. The first-order valence-electron chi connectivity index (χ1n) is 12.6. The van der Waals surface area contributed by atoms with Crippen molar-refractivity contribution in [1.29, 1.82) is 0 Å². The first-order valence-corrected chi connectivity index (χ1v) is 12.6. The topological polar surface area (TPSA) is 286 Å². The lowest BCUT2D eigenvalue weighted by atomic mass is 9.94. The number of rotatable bonds is 9. The molecule has 3 rings (SSSR count). The van der Waals surface area contributed by atoms with Gasteiger partial charge >= 0.3 is 0 Å². The van der Waals surface area contributed by atoms with Gasteiger partial charge in [-0.25, -0.2) is 0 Å². The van der Waals surface area contributed by atoms with Crippen molar-refractivity contribution in [3.63, 3.8) is 0 Å². The molecule has 0 aromatic heterocycles. The zero-order valence-corrected chi connectivity index (χ0v) is 21.7. The van der Waals surface area contributed by atoms with Crippen molar-refractivity contribution >= 4 is 11.8 Å². The number of hydrogen-bond donors (Lipinski definition) is 11. The van der Waals surface area contributed by atoms with Crippen LogP contribution in [0.25, 0.3) is 0 Å². The minimum Gasteiger partial charge on any atom is -0.394 e. The molecule has 0 bridgehead atoms. The number of amides is 2. The van der Waals surface area contributed by atoms with E-state index in [-0.39, 0.29) is 0 Å². The van der Waals surface area contributed by atoms with Gasteiger partial charge in [-0.15, -0.1) is 0 Å². The van der Waals surface area contributed by atoms with Crippen molar-refractivity contribution in [3.05, 3.63) is 0 Å². The summed E-state index contributed by atoms with van der Waals surface area (Å²) in [4.78, 5) is 23.6. The minimum atomic E-state index is -1.83. The van der Waals surface area contributed by atoms with Crippen molar-refractivity contribution in [2.75, 3.05) is 19.8 Å². The average molecular weight is 587 g/mol. The molecule has 0 radical (unpaired) electrons. The van der Waals surface area contributed by atoms with Gasteiger partial charge in [0.05, 0.1) is 19.8 Å². The molecule has 0 aliphatic carbocycles. The summed E-state index contributed by atoms with van der Waals surface area (Å²) in [5, 5.41) is 96.2. The van der Waals surface area contributed by atoms with Gasteiger partial charge in [0.15, 0.2) is 18.9 Å². The monoisotopic (exact) mass is 586 g/mol. The van der Waals surface area contributed by atoms with Crippen LogP contribution in [0.3, 0.4) is 0 Å². The third kappa shape index (κ3) is 7.23. The maximum Gasteiger partial charge on any atom is 0.217 e. The number of carbonyl (C=O) groups excluding carboxylic acids is 2. The van der Waals surface area contributed by atoms with Crippen molar-refractivity contribution in [2.24, 2.45) is 0 Å². The molecule has 3 aliphatic heterocycles. The molecule has 3 aliphatic rings. The summed E-state index contributed by atoms with van der Waals surface area (Å²) in [6.07, 6.45) is -20.9. The fourth-order valence-electron chi connectivity index (χ4n) is 4.76. The van der Waals surface area contributed by atoms with E-state index in [4.69, 9.17) is 23.7 Å². The van der Waals surface area contributed by atoms with Crippen molar-refractivity contribution in [1.82, 2.24) is 10.6 Å². The van der Waals surface area contributed by atoms with Gasteiger partial charge in [0, 0.05) is 13.8 Å². The summed E-state index contributed by atoms with van der Waals surface area (Å²) in [5.74, 6) is -1.30. The number of carbonyl (C=O) groups is 2. The molecule has 0 aromatic rings. The van der Waals surface area contributed by atoms with Crippen LogP contribution in [0.1, 0.15) is 13.8 Å². The lowest BCUT2D eigenvalue weighted by molar-refractivity contribution is -0.336. The molecule has 3 saturated heterocycles. The number of aliphatic hydroxyl groups excluding tert-OH is 9. The number of ether oxygens (including phenoxy) is 5. The highest BCUT2D eigenvalue weighted by Crippen LogP contribution is 2.30. The van der Waals surface area contributed by atoms with E-state index in [1.807, 2.05) is 0 Å². The molecule has 232 valence electrons. The fourth-order valence-corrected chi connectivity index (χ4v) is 4.76. The summed E-state index contributed by atoms with van der Waals surface area (Å²) >= 11 is 0. The van der Waals surface area contributed by atoms with Crippen molar-refractivity contribution < 1.29 is 79.2 Å². The summed E-state index contributed by atoms with van der Waals surface area (Å²) in [7, 11) is 0. The van der Waals surface area contributed by atoms with E-state index in [2.05, 4.69) is 10.6 Å². The molecule has 2 amide bonds. The van der Waals surface area contributed by atoms with E-state index in [1.54, 1.807) is 0 Å². The van der Waals surface area contributed by atoms with E-state index < -0.39 is 124 Å². The molecule has 0 unspecified atom stereocenters. The van der Waals surface area contributed by atoms with E-state index in [0.717, 1.165) is 13.8 Å². The summed E-state index contributed by atoms with van der Waals surface area (Å²) < 4.78 is 27.4. The molecule has 40 heavy (non-hydrogen) atoms. The molecule has 11 N–H and O–H groups in total. The molecule has 0 spiro atoms. The van der Waals surface area contributed by atoms with Crippen molar-refractivity contribution in [2.45, 2.75) is 106 Å². The maximum atomic E-state index is 11.8. The highest BCUT2D eigenvalue weighted by atomic mass is 16.7. The van der Waals surface area contributed by atoms with Gasteiger partial charge in [-0.3, -0.25) is 9.59 Å². The van der Waals surface area contributed by atoms with Gasteiger partial charge in [0.1, 0.15) is 73.1 Å². The van der Waals surface area contributed by atoms with E-state index in [0.29, 0.717) is 0 Å². The Hall–Kier alpha value is -1.62. The fraction of sp³-hybridized carbons (Fsp3) is 0.909. The lowest BCUT2D eigenvalue weighted by Crippen LogP contribution is -2.69. The molecule has 15 atom stereocenters. The average Bonchev–Trinajstić information content (AvgIpc) is 2.90.